The van der Waals surface area contributed by atoms with Gasteiger partial charge in [0.2, 0.25) is 5.91 Å². The minimum Gasteiger partial charge on any atom is -0.352 e. The van der Waals surface area contributed by atoms with E-state index in [9.17, 15) is 14.9 Å². The first-order chi connectivity index (χ1) is 9.08. The number of carbonyl (C=O) groups is 1. The Balaban J connectivity index is 1.86. The predicted molar refractivity (Wildman–Crippen MR) is 73.7 cm³/mol. The van der Waals surface area contributed by atoms with Crippen LogP contribution >= 0.6 is 15.9 Å². The van der Waals surface area contributed by atoms with E-state index < -0.39 is 4.92 Å². The van der Waals surface area contributed by atoms with Gasteiger partial charge in [-0.15, -0.1) is 0 Å². The molecule has 1 fully saturated rings. The van der Waals surface area contributed by atoms with Crippen LogP contribution in [0.15, 0.2) is 22.7 Å². The summed E-state index contributed by atoms with van der Waals surface area (Å²) >= 11 is 3.22. The molecule has 1 saturated carbocycles. The van der Waals surface area contributed by atoms with Crippen LogP contribution in [0.4, 0.5) is 5.69 Å². The summed E-state index contributed by atoms with van der Waals surface area (Å²) in [7, 11) is 0. The van der Waals surface area contributed by atoms with Gasteiger partial charge in [0.15, 0.2) is 0 Å². The van der Waals surface area contributed by atoms with Crippen molar-refractivity contribution in [2.75, 3.05) is 6.54 Å². The fraction of sp³-hybridized carbons (Fsp3) is 0.417. The second kappa shape index (κ2) is 6.12. The van der Waals surface area contributed by atoms with Crippen molar-refractivity contribution in [1.29, 1.82) is 0 Å². The zero-order chi connectivity index (χ0) is 13.8. The largest absolute Gasteiger partial charge is 0.352 e. The number of amides is 1. The van der Waals surface area contributed by atoms with E-state index in [1.165, 1.54) is 6.07 Å². The Morgan fingerprint density at radius 2 is 2.21 bits per heavy atom. The Bertz CT molecular complexity index is 503. The average molecular weight is 328 g/mol. The first kappa shape index (κ1) is 14.0. The predicted octanol–water partition coefficient (Wildman–Crippen LogP) is 1.73. The van der Waals surface area contributed by atoms with Crippen molar-refractivity contribution >= 4 is 27.5 Å². The lowest BCUT2D eigenvalue weighted by molar-refractivity contribution is -0.385. The summed E-state index contributed by atoms with van der Waals surface area (Å²) < 4.78 is 0.454. The van der Waals surface area contributed by atoms with Crippen LogP contribution in [0.2, 0.25) is 0 Å². The van der Waals surface area contributed by atoms with Crippen LogP contribution in [0.1, 0.15) is 18.4 Å². The molecule has 0 unspecified atom stereocenters. The third-order valence-corrected chi connectivity index (χ3v) is 3.71. The van der Waals surface area contributed by atoms with Crippen molar-refractivity contribution in [2.45, 2.75) is 25.4 Å². The van der Waals surface area contributed by atoms with E-state index >= 15 is 0 Å². The number of nitrogens with zero attached hydrogens (tertiary/aromatic N) is 1. The van der Waals surface area contributed by atoms with Crippen LogP contribution < -0.4 is 10.6 Å². The lowest BCUT2D eigenvalue weighted by atomic mass is 10.2. The van der Waals surface area contributed by atoms with Crippen LogP contribution in [0.3, 0.4) is 0 Å². The molecule has 7 heteroatoms. The van der Waals surface area contributed by atoms with Crippen molar-refractivity contribution in [3.63, 3.8) is 0 Å². The van der Waals surface area contributed by atoms with E-state index in [4.69, 9.17) is 0 Å². The number of carbonyl (C=O) groups excluding carboxylic acids is 1. The summed E-state index contributed by atoms with van der Waals surface area (Å²) in [4.78, 5) is 21.8. The molecule has 1 aromatic carbocycles. The van der Waals surface area contributed by atoms with Gasteiger partial charge in [-0.25, -0.2) is 0 Å². The van der Waals surface area contributed by atoms with Gasteiger partial charge in [-0.05, 0) is 34.3 Å². The lowest BCUT2D eigenvalue weighted by Gasteiger charge is -2.07. The Morgan fingerprint density at radius 1 is 1.47 bits per heavy atom. The fourth-order valence-electron chi connectivity index (χ4n) is 1.66. The first-order valence-corrected chi connectivity index (χ1v) is 6.79. The van der Waals surface area contributed by atoms with Gasteiger partial charge in [0, 0.05) is 18.7 Å². The second-order valence-corrected chi connectivity index (χ2v) is 5.25. The molecule has 0 atom stereocenters. The zero-order valence-electron chi connectivity index (χ0n) is 10.2. The number of halogens is 1. The molecule has 0 spiro atoms. The molecule has 0 aliphatic heterocycles. The van der Waals surface area contributed by atoms with Crippen LogP contribution in [-0.4, -0.2) is 23.4 Å². The maximum atomic E-state index is 11.5. The minimum absolute atomic E-state index is 0.0294. The van der Waals surface area contributed by atoms with E-state index in [2.05, 4.69) is 26.6 Å². The van der Waals surface area contributed by atoms with Gasteiger partial charge in [0.05, 0.1) is 15.9 Å². The Labute approximate surface area is 118 Å². The Morgan fingerprint density at radius 3 is 2.84 bits per heavy atom. The molecule has 1 aliphatic carbocycles. The van der Waals surface area contributed by atoms with Gasteiger partial charge >= 0.3 is 0 Å². The highest BCUT2D eigenvalue weighted by Gasteiger charge is 2.22. The van der Waals surface area contributed by atoms with Gasteiger partial charge in [-0.2, -0.15) is 0 Å². The number of nitro benzene ring substituents is 1. The lowest BCUT2D eigenvalue weighted by Crippen LogP contribution is -2.34. The zero-order valence-corrected chi connectivity index (χ0v) is 11.8. The molecular weight excluding hydrogens is 314 g/mol. The highest BCUT2D eigenvalue weighted by atomic mass is 79.9. The van der Waals surface area contributed by atoms with Crippen molar-refractivity contribution in [3.05, 3.63) is 38.3 Å². The fourth-order valence-corrected chi connectivity index (χ4v) is 2.21. The van der Waals surface area contributed by atoms with Gasteiger partial charge in [0.25, 0.3) is 5.69 Å². The summed E-state index contributed by atoms with van der Waals surface area (Å²) in [6.45, 7) is 0.617. The van der Waals surface area contributed by atoms with Crippen molar-refractivity contribution < 1.29 is 9.72 Å². The van der Waals surface area contributed by atoms with Crippen LogP contribution in [0.5, 0.6) is 0 Å². The van der Waals surface area contributed by atoms with Gasteiger partial charge in [0.1, 0.15) is 0 Å². The highest BCUT2D eigenvalue weighted by molar-refractivity contribution is 9.10. The molecule has 0 heterocycles. The van der Waals surface area contributed by atoms with Gasteiger partial charge in [-0.1, -0.05) is 12.1 Å². The SMILES string of the molecule is O=C(CNCc1cccc([N+](=O)[O-])c1Br)NC1CC1. The molecule has 102 valence electrons. The van der Waals surface area contributed by atoms with E-state index in [1.807, 2.05) is 0 Å². The minimum atomic E-state index is -0.437. The molecule has 2 N–H and O–H groups in total. The smallest absolute Gasteiger partial charge is 0.283 e. The molecule has 1 amide bonds. The molecule has 0 saturated heterocycles. The molecule has 19 heavy (non-hydrogen) atoms. The normalized spacial score (nSPS) is 14.2. The number of nitrogens with one attached hydrogen (secondary N) is 2. The molecular formula is C12H14BrN3O3. The third-order valence-electron chi connectivity index (χ3n) is 2.80. The molecule has 6 nitrogen and oxygen atoms in total. The number of benzene rings is 1. The molecule has 0 bridgehead atoms. The number of rotatable bonds is 6. The first-order valence-electron chi connectivity index (χ1n) is 6.00. The highest BCUT2D eigenvalue weighted by Crippen LogP contribution is 2.28. The van der Waals surface area contributed by atoms with Crippen LogP contribution in [0.25, 0.3) is 0 Å². The maximum absolute atomic E-state index is 11.5. The Hall–Kier alpha value is -1.47. The molecule has 1 aromatic rings. The van der Waals surface area contributed by atoms with Crippen molar-refractivity contribution in [1.82, 2.24) is 10.6 Å². The van der Waals surface area contributed by atoms with Gasteiger partial charge in [-0.3, -0.25) is 14.9 Å². The summed E-state index contributed by atoms with van der Waals surface area (Å²) in [6.07, 6.45) is 2.12. The van der Waals surface area contributed by atoms with E-state index in [1.54, 1.807) is 12.1 Å². The summed E-state index contributed by atoms with van der Waals surface area (Å²) in [5.74, 6) is -0.0379. The second-order valence-electron chi connectivity index (χ2n) is 4.45. The van der Waals surface area contributed by atoms with Crippen molar-refractivity contribution in [3.8, 4) is 0 Å². The number of nitro groups is 1. The standard InChI is InChI=1S/C12H14BrN3O3/c13-12-8(2-1-3-10(12)16(18)19)6-14-7-11(17)15-9-4-5-9/h1-3,9,14H,4-7H2,(H,15,17). The third kappa shape index (κ3) is 4.00. The monoisotopic (exact) mass is 327 g/mol. The average Bonchev–Trinajstić information content (AvgIpc) is 3.14. The topological polar surface area (TPSA) is 84.3 Å². The maximum Gasteiger partial charge on any atom is 0.283 e. The Kier molecular flexibility index (Phi) is 4.49. The molecule has 2 rings (SSSR count). The van der Waals surface area contributed by atoms with E-state index in [0.29, 0.717) is 17.1 Å². The van der Waals surface area contributed by atoms with Gasteiger partial charge < -0.3 is 10.6 Å². The molecule has 0 radical (unpaired) electrons. The molecule has 0 aromatic heterocycles. The summed E-state index contributed by atoms with van der Waals surface area (Å²) in [5.41, 5.74) is 0.787. The van der Waals surface area contributed by atoms with Crippen LogP contribution in [-0.2, 0) is 11.3 Å². The summed E-state index contributed by atoms with van der Waals surface area (Å²) in [6, 6.07) is 5.19. The quantitative estimate of drug-likeness (QED) is 0.615. The van der Waals surface area contributed by atoms with E-state index in [0.717, 1.165) is 18.4 Å². The number of hydrogen-bond acceptors (Lipinski definition) is 4. The molecule has 1 aliphatic rings. The van der Waals surface area contributed by atoms with E-state index in [-0.39, 0.29) is 18.1 Å². The number of hydrogen-bond donors (Lipinski definition) is 2. The van der Waals surface area contributed by atoms with Crippen LogP contribution in [0, 0.1) is 10.1 Å². The summed E-state index contributed by atoms with van der Waals surface area (Å²) in [5, 5.41) is 16.6. The van der Waals surface area contributed by atoms with Crippen molar-refractivity contribution in [2.24, 2.45) is 0 Å².